The molecular weight excluding hydrogens is 188 g/mol. The number of nitrogens with two attached hydrogens (primary N) is 1. The van der Waals surface area contributed by atoms with Crippen LogP contribution in [-0.4, -0.2) is 12.4 Å². The molecule has 3 heteroatoms. The lowest BCUT2D eigenvalue weighted by Gasteiger charge is -2.07. The van der Waals surface area contributed by atoms with E-state index < -0.39 is 0 Å². The Bertz CT molecular complexity index is 327. The number of rotatable bonds is 5. The summed E-state index contributed by atoms with van der Waals surface area (Å²) < 4.78 is 5.57. The molecule has 0 fully saturated rings. The summed E-state index contributed by atoms with van der Waals surface area (Å²) in [5, 5.41) is 7.07. The molecule has 0 spiro atoms. The first-order valence-corrected chi connectivity index (χ1v) is 5.12. The molecule has 0 aliphatic heterocycles. The van der Waals surface area contributed by atoms with E-state index in [4.69, 9.17) is 15.9 Å². The van der Waals surface area contributed by atoms with Crippen molar-refractivity contribution in [3.63, 3.8) is 0 Å². The molecule has 0 bridgehead atoms. The largest absolute Gasteiger partial charge is 0.494 e. The van der Waals surface area contributed by atoms with Crippen LogP contribution >= 0.6 is 0 Å². The zero-order valence-corrected chi connectivity index (χ0v) is 9.34. The normalized spacial score (nSPS) is 10.0. The highest BCUT2D eigenvalue weighted by Gasteiger charge is 1.97. The monoisotopic (exact) mass is 206 g/mol. The summed E-state index contributed by atoms with van der Waals surface area (Å²) in [5.41, 5.74) is 7.66. The van der Waals surface area contributed by atoms with Crippen LogP contribution in [0.3, 0.4) is 0 Å². The van der Waals surface area contributed by atoms with Crippen molar-refractivity contribution in [2.24, 2.45) is 5.73 Å². The Kier molecular flexibility index (Phi) is 4.16. The summed E-state index contributed by atoms with van der Waals surface area (Å²) in [6.07, 6.45) is 1.40. The van der Waals surface area contributed by atoms with Crippen molar-refractivity contribution < 1.29 is 4.74 Å². The fourth-order valence-electron chi connectivity index (χ4n) is 1.47. The Morgan fingerprint density at radius 3 is 2.40 bits per heavy atom. The Morgan fingerprint density at radius 1 is 1.27 bits per heavy atom. The average Bonchev–Trinajstić information content (AvgIpc) is 2.10. The smallest absolute Gasteiger partial charge is 0.119 e. The lowest BCUT2D eigenvalue weighted by molar-refractivity contribution is 0.313. The Labute approximate surface area is 90.8 Å². The lowest BCUT2D eigenvalue weighted by atomic mass is 10.1. The van der Waals surface area contributed by atoms with Gasteiger partial charge in [-0.05, 0) is 43.5 Å². The molecular formula is C12H18N2O. The highest BCUT2D eigenvalue weighted by molar-refractivity contribution is 5.76. The molecule has 1 aromatic rings. The minimum atomic E-state index is 0.221. The SMILES string of the molecule is Cc1cc(C)cc(OCCCC(=N)N)c1. The number of hydrogen-bond acceptors (Lipinski definition) is 2. The quantitative estimate of drug-likeness (QED) is 0.441. The minimum Gasteiger partial charge on any atom is -0.494 e. The van der Waals surface area contributed by atoms with Crippen LogP contribution < -0.4 is 10.5 Å². The summed E-state index contributed by atoms with van der Waals surface area (Å²) >= 11 is 0. The molecule has 0 aromatic heterocycles. The maximum Gasteiger partial charge on any atom is 0.119 e. The van der Waals surface area contributed by atoms with Gasteiger partial charge in [0.1, 0.15) is 5.75 Å². The van der Waals surface area contributed by atoms with Crippen molar-refractivity contribution in [3.8, 4) is 5.75 Å². The number of aryl methyl sites for hydroxylation is 2. The molecule has 1 rings (SSSR count). The molecule has 3 N–H and O–H groups in total. The summed E-state index contributed by atoms with van der Waals surface area (Å²) in [6.45, 7) is 4.72. The van der Waals surface area contributed by atoms with Crippen molar-refractivity contribution in [2.45, 2.75) is 26.7 Å². The van der Waals surface area contributed by atoms with E-state index in [1.165, 1.54) is 11.1 Å². The van der Waals surface area contributed by atoms with E-state index in [9.17, 15) is 0 Å². The molecule has 1 aromatic carbocycles. The second kappa shape index (κ2) is 5.39. The van der Waals surface area contributed by atoms with Gasteiger partial charge < -0.3 is 10.5 Å². The lowest BCUT2D eigenvalue weighted by Crippen LogP contribution is -2.11. The standard InChI is InChI=1S/C12H18N2O/c1-9-6-10(2)8-11(7-9)15-5-3-4-12(13)14/h6-8H,3-5H2,1-2H3,(H3,13,14). The number of ether oxygens (including phenoxy) is 1. The molecule has 0 amide bonds. The highest BCUT2D eigenvalue weighted by Crippen LogP contribution is 2.16. The number of benzene rings is 1. The highest BCUT2D eigenvalue weighted by atomic mass is 16.5. The van der Waals surface area contributed by atoms with E-state index in [-0.39, 0.29) is 5.84 Å². The molecule has 0 saturated heterocycles. The van der Waals surface area contributed by atoms with Crippen LogP contribution in [0.5, 0.6) is 5.75 Å². The van der Waals surface area contributed by atoms with E-state index >= 15 is 0 Å². The zero-order valence-electron chi connectivity index (χ0n) is 9.34. The Morgan fingerprint density at radius 2 is 1.87 bits per heavy atom. The molecule has 0 unspecified atom stereocenters. The van der Waals surface area contributed by atoms with Crippen LogP contribution in [0.2, 0.25) is 0 Å². The minimum absolute atomic E-state index is 0.221. The number of amidine groups is 1. The van der Waals surface area contributed by atoms with Crippen LogP contribution in [0.4, 0.5) is 0 Å². The van der Waals surface area contributed by atoms with Crippen molar-refractivity contribution >= 4 is 5.84 Å². The molecule has 0 aliphatic rings. The van der Waals surface area contributed by atoms with Gasteiger partial charge in [0.15, 0.2) is 0 Å². The fraction of sp³-hybridized carbons (Fsp3) is 0.417. The summed E-state index contributed by atoms with van der Waals surface area (Å²) in [4.78, 5) is 0. The van der Waals surface area contributed by atoms with Gasteiger partial charge >= 0.3 is 0 Å². The first-order chi connectivity index (χ1) is 7.08. The van der Waals surface area contributed by atoms with Gasteiger partial charge in [0.25, 0.3) is 0 Å². The molecule has 0 radical (unpaired) electrons. The van der Waals surface area contributed by atoms with Crippen LogP contribution in [0, 0.1) is 19.3 Å². The fourth-order valence-corrected chi connectivity index (χ4v) is 1.47. The van der Waals surface area contributed by atoms with Crippen LogP contribution in [0.15, 0.2) is 18.2 Å². The van der Waals surface area contributed by atoms with Crippen molar-refractivity contribution in [2.75, 3.05) is 6.61 Å². The van der Waals surface area contributed by atoms with Gasteiger partial charge in [-0.2, -0.15) is 0 Å². The van der Waals surface area contributed by atoms with Crippen LogP contribution in [-0.2, 0) is 0 Å². The second-order valence-electron chi connectivity index (χ2n) is 3.80. The molecule has 0 aliphatic carbocycles. The number of hydrogen-bond donors (Lipinski definition) is 2. The Balaban J connectivity index is 2.40. The molecule has 0 heterocycles. The molecule has 0 atom stereocenters. The third-order valence-corrected chi connectivity index (χ3v) is 2.05. The third kappa shape index (κ3) is 4.49. The van der Waals surface area contributed by atoms with Gasteiger partial charge in [0, 0.05) is 6.42 Å². The first kappa shape index (κ1) is 11.6. The first-order valence-electron chi connectivity index (χ1n) is 5.12. The van der Waals surface area contributed by atoms with Crippen LogP contribution in [0.1, 0.15) is 24.0 Å². The molecule has 82 valence electrons. The maximum atomic E-state index is 7.07. The Hall–Kier alpha value is -1.51. The van der Waals surface area contributed by atoms with Crippen molar-refractivity contribution in [3.05, 3.63) is 29.3 Å². The zero-order chi connectivity index (χ0) is 11.3. The van der Waals surface area contributed by atoms with Crippen molar-refractivity contribution in [1.82, 2.24) is 0 Å². The van der Waals surface area contributed by atoms with E-state index in [2.05, 4.69) is 19.9 Å². The molecule has 0 saturated carbocycles. The van der Waals surface area contributed by atoms with Crippen molar-refractivity contribution in [1.29, 1.82) is 5.41 Å². The average molecular weight is 206 g/mol. The van der Waals surface area contributed by atoms with Gasteiger partial charge in [-0.25, -0.2) is 0 Å². The van der Waals surface area contributed by atoms with E-state index in [1.54, 1.807) is 0 Å². The molecule has 15 heavy (non-hydrogen) atoms. The van der Waals surface area contributed by atoms with E-state index in [1.807, 2.05) is 12.1 Å². The van der Waals surface area contributed by atoms with Gasteiger partial charge in [0.2, 0.25) is 0 Å². The second-order valence-corrected chi connectivity index (χ2v) is 3.80. The summed E-state index contributed by atoms with van der Waals surface area (Å²) in [5.74, 6) is 1.12. The van der Waals surface area contributed by atoms with E-state index in [0.29, 0.717) is 13.0 Å². The van der Waals surface area contributed by atoms with Gasteiger partial charge in [-0.1, -0.05) is 6.07 Å². The summed E-state index contributed by atoms with van der Waals surface area (Å²) in [6, 6.07) is 6.14. The van der Waals surface area contributed by atoms with E-state index in [0.717, 1.165) is 12.2 Å². The summed E-state index contributed by atoms with van der Waals surface area (Å²) in [7, 11) is 0. The van der Waals surface area contributed by atoms with Gasteiger partial charge in [-0.3, -0.25) is 5.41 Å². The van der Waals surface area contributed by atoms with Gasteiger partial charge in [0.05, 0.1) is 12.4 Å². The molecule has 3 nitrogen and oxygen atoms in total. The maximum absolute atomic E-state index is 7.07. The third-order valence-electron chi connectivity index (χ3n) is 2.05. The topological polar surface area (TPSA) is 59.1 Å². The number of nitrogens with one attached hydrogen (secondary N) is 1. The predicted molar refractivity (Wildman–Crippen MR) is 62.6 cm³/mol. The van der Waals surface area contributed by atoms with Crippen LogP contribution in [0.25, 0.3) is 0 Å². The predicted octanol–water partition coefficient (Wildman–Crippen LogP) is 2.40. The van der Waals surface area contributed by atoms with Gasteiger partial charge in [-0.15, -0.1) is 0 Å².